The Morgan fingerprint density at radius 2 is 1.97 bits per heavy atom. The lowest BCUT2D eigenvalue weighted by Gasteiger charge is -2.16. The fourth-order valence-corrected chi connectivity index (χ4v) is 4.18. The Hall–Kier alpha value is -3.26. The SMILES string of the molecule is COc1ccc(-c2n[nH]c(C)c2CC(=O)N[C@@H](CCSC)c2nc3ccccc3[nH]2)cc1. The number of aromatic amines is 2. The number of thioether (sulfide) groups is 1. The third-order valence-electron chi connectivity index (χ3n) is 5.46. The highest BCUT2D eigenvalue weighted by Gasteiger charge is 2.21. The van der Waals surface area contributed by atoms with Crippen LogP contribution in [0.15, 0.2) is 48.5 Å². The van der Waals surface area contributed by atoms with Gasteiger partial charge < -0.3 is 15.0 Å². The Morgan fingerprint density at radius 1 is 1.19 bits per heavy atom. The number of para-hydroxylation sites is 2. The number of fused-ring (bicyclic) bond motifs is 1. The van der Waals surface area contributed by atoms with Gasteiger partial charge >= 0.3 is 0 Å². The summed E-state index contributed by atoms with van der Waals surface area (Å²) in [5.74, 6) is 2.43. The Balaban J connectivity index is 1.54. The summed E-state index contributed by atoms with van der Waals surface area (Å²) in [6, 6.07) is 15.4. The molecule has 2 aromatic heterocycles. The van der Waals surface area contributed by atoms with Crippen LogP contribution in [-0.4, -0.2) is 45.2 Å². The molecule has 166 valence electrons. The lowest BCUT2D eigenvalue weighted by atomic mass is 10.0. The van der Waals surface area contributed by atoms with E-state index in [0.717, 1.165) is 57.3 Å². The number of imidazole rings is 1. The van der Waals surface area contributed by atoms with Crippen molar-refractivity contribution in [2.24, 2.45) is 0 Å². The van der Waals surface area contributed by atoms with Gasteiger partial charge in [-0.25, -0.2) is 4.98 Å². The molecule has 0 aliphatic rings. The van der Waals surface area contributed by atoms with E-state index < -0.39 is 0 Å². The third kappa shape index (κ3) is 4.80. The van der Waals surface area contributed by atoms with Gasteiger partial charge in [0.25, 0.3) is 0 Å². The van der Waals surface area contributed by atoms with Crippen LogP contribution in [0, 0.1) is 6.92 Å². The van der Waals surface area contributed by atoms with Crippen molar-refractivity contribution in [3.63, 3.8) is 0 Å². The van der Waals surface area contributed by atoms with E-state index >= 15 is 0 Å². The van der Waals surface area contributed by atoms with Gasteiger partial charge in [-0.3, -0.25) is 9.89 Å². The number of amides is 1. The molecule has 0 saturated heterocycles. The van der Waals surface area contributed by atoms with Crippen molar-refractivity contribution in [2.45, 2.75) is 25.8 Å². The zero-order chi connectivity index (χ0) is 22.5. The van der Waals surface area contributed by atoms with Crippen LogP contribution in [0.1, 0.15) is 29.5 Å². The number of nitrogens with one attached hydrogen (secondary N) is 3. The minimum Gasteiger partial charge on any atom is -0.497 e. The molecular formula is C24H27N5O2S. The summed E-state index contributed by atoms with van der Waals surface area (Å²) >= 11 is 1.75. The van der Waals surface area contributed by atoms with Gasteiger partial charge in [0.05, 0.1) is 36.3 Å². The summed E-state index contributed by atoms with van der Waals surface area (Å²) in [6.45, 7) is 1.94. The Labute approximate surface area is 191 Å². The number of benzene rings is 2. The number of carbonyl (C=O) groups is 1. The van der Waals surface area contributed by atoms with E-state index in [2.05, 4.69) is 26.8 Å². The van der Waals surface area contributed by atoms with Gasteiger partial charge in [0.2, 0.25) is 5.91 Å². The highest BCUT2D eigenvalue weighted by molar-refractivity contribution is 7.98. The van der Waals surface area contributed by atoms with Crippen LogP contribution < -0.4 is 10.1 Å². The number of H-pyrrole nitrogens is 2. The van der Waals surface area contributed by atoms with Crippen LogP contribution in [-0.2, 0) is 11.2 Å². The van der Waals surface area contributed by atoms with E-state index in [1.807, 2.05) is 55.5 Å². The van der Waals surface area contributed by atoms with Crippen LogP contribution >= 0.6 is 11.8 Å². The number of carbonyl (C=O) groups excluding carboxylic acids is 1. The standard InChI is InChI=1S/C24H27N5O2S/c1-15-18(23(29-28-15)16-8-10-17(31-2)11-9-16)14-22(30)25-21(12-13-32-3)24-26-19-6-4-5-7-20(19)27-24/h4-11,21H,12-14H2,1-3H3,(H,25,30)(H,26,27)(H,28,29)/t21-/m0/s1. The first-order valence-corrected chi connectivity index (χ1v) is 11.9. The molecule has 3 N–H and O–H groups in total. The number of aromatic nitrogens is 4. The molecule has 0 unspecified atom stereocenters. The molecular weight excluding hydrogens is 422 g/mol. The van der Waals surface area contributed by atoms with Crippen molar-refractivity contribution < 1.29 is 9.53 Å². The van der Waals surface area contributed by atoms with Gasteiger partial charge in [0, 0.05) is 16.8 Å². The molecule has 4 rings (SSSR count). The van der Waals surface area contributed by atoms with Gasteiger partial charge in [0.15, 0.2) is 0 Å². The summed E-state index contributed by atoms with van der Waals surface area (Å²) in [5, 5.41) is 10.7. The average Bonchev–Trinajstić information content (AvgIpc) is 3.40. The molecule has 0 saturated carbocycles. The molecule has 0 radical (unpaired) electrons. The number of nitrogens with zero attached hydrogens (tertiary/aromatic N) is 2. The van der Waals surface area contributed by atoms with E-state index in [-0.39, 0.29) is 18.4 Å². The summed E-state index contributed by atoms with van der Waals surface area (Å²) in [5.41, 5.74) is 5.37. The van der Waals surface area contributed by atoms with E-state index in [0.29, 0.717) is 0 Å². The van der Waals surface area contributed by atoms with Crippen molar-refractivity contribution in [3.8, 4) is 17.0 Å². The van der Waals surface area contributed by atoms with E-state index in [1.54, 1.807) is 18.9 Å². The topological polar surface area (TPSA) is 95.7 Å². The molecule has 32 heavy (non-hydrogen) atoms. The fourth-order valence-electron chi connectivity index (χ4n) is 3.71. The van der Waals surface area contributed by atoms with Crippen molar-refractivity contribution in [3.05, 3.63) is 65.6 Å². The number of aryl methyl sites for hydroxylation is 1. The van der Waals surface area contributed by atoms with Crippen molar-refractivity contribution in [1.29, 1.82) is 0 Å². The van der Waals surface area contributed by atoms with Gasteiger partial charge in [-0.05, 0) is 61.8 Å². The summed E-state index contributed by atoms with van der Waals surface area (Å²) < 4.78 is 5.24. The number of rotatable bonds is 9. The van der Waals surface area contributed by atoms with Gasteiger partial charge in [-0.2, -0.15) is 16.9 Å². The van der Waals surface area contributed by atoms with Crippen molar-refractivity contribution in [2.75, 3.05) is 19.1 Å². The van der Waals surface area contributed by atoms with Crippen molar-refractivity contribution >= 4 is 28.7 Å². The monoisotopic (exact) mass is 449 g/mol. The van der Waals surface area contributed by atoms with Crippen LogP contribution in [0.4, 0.5) is 0 Å². The predicted octanol–water partition coefficient (Wildman–Crippen LogP) is 4.42. The smallest absolute Gasteiger partial charge is 0.225 e. The van der Waals surface area contributed by atoms with Crippen LogP contribution in [0.3, 0.4) is 0 Å². The molecule has 0 spiro atoms. The van der Waals surface area contributed by atoms with E-state index in [1.165, 1.54) is 0 Å². The lowest BCUT2D eigenvalue weighted by molar-refractivity contribution is -0.121. The zero-order valence-corrected chi connectivity index (χ0v) is 19.3. The van der Waals surface area contributed by atoms with Crippen LogP contribution in [0.25, 0.3) is 22.3 Å². The second kappa shape index (κ2) is 9.91. The Bertz CT molecular complexity index is 1170. The van der Waals surface area contributed by atoms with E-state index in [4.69, 9.17) is 9.72 Å². The largest absolute Gasteiger partial charge is 0.497 e. The van der Waals surface area contributed by atoms with Crippen LogP contribution in [0.2, 0.25) is 0 Å². The minimum atomic E-state index is -0.181. The predicted molar refractivity (Wildman–Crippen MR) is 129 cm³/mol. The van der Waals surface area contributed by atoms with E-state index in [9.17, 15) is 4.79 Å². The molecule has 0 aliphatic carbocycles. The van der Waals surface area contributed by atoms with Crippen LogP contribution in [0.5, 0.6) is 5.75 Å². The molecule has 4 aromatic rings. The molecule has 2 heterocycles. The maximum absolute atomic E-state index is 13.1. The lowest BCUT2D eigenvalue weighted by Crippen LogP contribution is -2.31. The second-order valence-corrected chi connectivity index (χ2v) is 8.61. The quantitative estimate of drug-likeness (QED) is 0.351. The first-order valence-electron chi connectivity index (χ1n) is 10.5. The van der Waals surface area contributed by atoms with Gasteiger partial charge in [0.1, 0.15) is 11.6 Å². The maximum atomic E-state index is 13.1. The molecule has 8 heteroatoms. The summed E-state index contributed by atoms with van der Waals surface area (Å²) in [4.78, 5) is 21.2. The first kappa shape index (κ1) is 22.0. The van der Waals surface area contributed by atoms with Gasteiger partial charge in [-0.15, -0.1) is 0 Å². The Morgan fingerprint density at radius 3 is 2.69 bits per heavy atom. The molecule has 1 amide bonds. The molecule has 0 fully saturated rings. The fraction of sp³-hybridized carbons (Fsp3) is 0.292. The normalized spacial score (nSPS) is 12.1. The minimum absolute atomic E-state index is 0.0594. The molecule has 7 nitrogen and oxygen atoms in total. The van der Waals surface area contributed by atoms with Gasteiger partial charge in [-0.1, -0.05) is 12.1 Å². The number of ether oxygens (including phenoxy) is 1. The maximum Gasteiger partial charge on any atom is 0.225 e. The highest BCUT2D eigenvalue weighted by Crippen LogP contribution is 2.27. The average molecular weight is 450 g/mol. The summed E-state index contributed by atoms with van der Waals surface area (Å²) in [7, 11) is 1.64. The van der Waals surface area contributed by atoms with Crippen molar-refractivity contribution in [1.82, 2.24) is 25.5 Å². The number of methoxy groups -OCH3 is 1. The summed E-state index contributed by atoms with van der Waals surface area (Å²) in [6.07, 6.45) is 3.09. The first-order chi connectivity index (χ1) is 15.6. The zero-order valence-electron chi connectivity index (χ0n) is 18.4. The Kier molecular flexibility index (Phi) is 6.80. The highest BCUT2D eigenvalue weighted by atomic mass is 32.2. The molecule has 1 atom stereocenters. The number of hydrogen-bond donors (Lipinski definition) is 3. The number of hydrogen-bond acceptors (Lipinski definition) is 5. The molecule has 2 aromatic carbocycles. The molecule has 0 aliphatic heterocycles. The third-order valence-corrected chi connectivity index (χ3v) is 6.10. The molecule has 0 bridgehead atoms. The second-order valence-electron chi connectivity index (χ2n) is 7.62.